The number of carbonyl (C=O) groups excluding carboxylic acids is 1. The zero-order valence-corrected chi connectivity index (χ0v) is 10.3. The first-order chi connectivity index (χ1) is 8.08. The van der Waals surface area contributed by atoms with Gasteiger partial charge in [-0.15, -0.1) is 11.3 Å². The van der Waals surface area contributed by atoms with Crippen molar-refractivity contribution in [3.63, 3.8) is 0 Å². The lowest BCUT2D eigenvalue weighted by Crippen LogP contribution is -2.40. The molecule has 0 saturated carbocycles. The summed E-state index contributed by atoms with van der Waals surface area (Å²) in [5.41, 5.74) is 5.62. The molecule has 1 amide bonds. The third kappa shape index (κ3) is 3.79. The molecule has 1 atom stereocenters. The van der Waals surface area contributed by atoms with Crippen molar-refractivity contribution in [3.8, 4) is 0 Å². The molecule has 17 heavy (non-hydrogen) atoms. The lowest BCUT2D eigenvalue weighted by atomic mass is 10.2. The molecule has 1 aromatic rings. The zero-order valence-electron chi connectivity index (χ0n) is 9.47. The van der Waals surface area contributed by atoms with Crippen molar-refractivity contribution in [1.82, 2.24) is 10.3 Å². The number of carbonyl (C=O) groups is 2. The summed E-state index contributed by atoms with van der Waals surface area (Å²) in [6.07, 6.45) is 0.953. The normalized spacial score (nSPS) is 12.1. The van der Waals surface area contributed by atoms with Crippen LogP contribution >= 0.6 is 11.3 Å². The Bertz CT molecular complexity index is 405. The van der Waals surface area contributed by atoms with Crippen molar-refractivity contribution >= 4 is 23.2 Å². The maximum atomic E-state index is 11.7. The number of nitrogens with two attached hydrogens (primary N) is 1. The summed E-state index contributed by atoms with van der Waals surface area (Å²) in [5, 5.41) is 13.6. The van der Waals surface area contributed by atoms with Crippen LogP contribution in [0.15, 0.2) is 5.38 Å². The smallest absolute Gasteiger partial charge is 0.326 e. The Kier molecular flexibility index (Phi) is 5.05. The van der Waals surface area contributed by atoms with E-state index in [9.17, 15) is 9.59 Å². The second kappa shape index (κ2) is 6.31. The summed E-state index contributed by atoms with van der Waals surface area (Å²) in [5.74, 6) is -1.50. The number of rotatable bonds is 6. The van der Waals surface area contributed by atoms with Crippen LogP contribution in [0, 0.1) is 0 Å². The maximum Gasteiger partial charge on any atom is 0.326 e. The summed E-state index contributed by atoms with van der Waals surface area (Å²) in [7, 11) is 0. The fraction of sp³-hybridized carbons (Fsp3) is 0.500. The summed E-state index contributed by atoms with van der Waals surface area (Å²) in [6.45, 7) is 2.17. The number of nitrogens with one attached hydrogen (secondary N) is 1. The van der Waals surface area contributed by atoms with Crippen LogP contribution in [0.3, 0.4) is 0 Å². The number of carboxylic acids is 1. The number of aromatic nitrogens is 1. The third-order valence-electron chi connectivity index (χ3n) is 2.15. The molecule has 1 aromatic heterocycles. The van der Waals surface area contributed by atoms with E-state index < -0.39 is 17.9 Å². The average Bonchev–Trinajstić information content (AvgIpc) is 2.74. The van der Waals surface area contributed by atoms with Gasteiger partial charge in [0.2, 0.25) is 0 Å². The van der Waals surface area contributed by atoms with E-state index in [4.69, 9.17) is 10.8 Å². The highest BCUT2D eigenvalue weighted by Crippen LogP contribution is 2.10. The topological polar surface area (TPSA) is 105 Å². The molecule has 0 unspecified atom stereocenters. The largest absolute Gasteiger partial charge is 0.480 e. The van der Waals surface area contributed by atoms with Crippen molar-refractivity contribution in [2.75, 3.05) is 6.54 Å². The van der Waals surface area contributed by atoms with Crippen LogP contribution in [0.4, 0.5) is 0 Å². The summed E-state index contributed by atoms with van der Waals surface area (Å²) in [4.78, 5) is 26.5. The van der Waals surface area contributed by atoms with Gasteiger partial charge in [0.15, 0.2) is 0 Å². The molecule has 1 heterocycles. The van der Waals surface area contributed by atoms with Gasteiger partial charge < -0.3 is 16.2 Å². The van der Waals surface area contributed by atoms with E-state index in [0.29, 0.717) is 19.4 Å². The molecule has 0 bridgehead atoms. The first kappa shape index (κ1) is 13.6. The van der Waals surface area contributed by atoms with Gasteiger partial charge in [-0.1, -0.05) is 6.92 Å². The van der Waals surface area contributed by atoms with Crippen LogP contribution in [0.2, 0.25) is 0 Å². The summed E-state index contributed by atoms with van der Waals surface area (Å²) < 4.78 is 0. The number of aliphatic carboxylic acids is 1. The number of carboxylic acid groups (broad SMARTS) is 1. The molecule has 0 aliphatic carbocycles. The predicted molar refractivity (Wildman–Crippen MR) is 64.1 cm³/mol. The monoisotopic (exact) mass is 257 g/mol. The standard InChI is InChI=1S/C10H15N3O3S/c1-2-6(10(15)16)13-9(14)7-5-17-8(12-7)3-4-11/h5-6H,2-4,11H2,1H3,(H,13,14)(H,15,16)/t6-/m1/s1. The second-order valence-corrected chi connectivity index (χ2v) is 4.38. The molecule has 0 aliphatic heterocycles. The number of thiazole rings is 1. The highest BCUT2D eigenvalue weighted by molar-refractivity contribution is 7.09. The highest BCUT2D eigenvalue weighted by atomic mass is 32.1. The molecule has 0 radical (unpaired) electrons. The Morgan fingerprint density at radius 2 is 2.35 bits per heavy atom. The van der Waals surface area contributed by atoms with E-state index >= 15 is 0 Å². The van der Waals surface area contributed by atoms with E-state index in [-0.39, 0.29) is 5.69 Å². The van der Waals surface area contributed by atoms with Gasteiger partial charge in [0.05, 0.1) is 5.01 Å². The molecule has 0 aliphatic rings. The van der Waals surface area contributed by atoms with Crippen molar-refractivity contribution < 1.29 is 14.7 Å². The van der Waals surface area contributed by atoms with Gasteiger partial charge in [-0.3, -0.25) is 4.79 Å². The minimum absolute atomic E-state index is 0.248. The summed E-state index contributed by atoms with van der Waals surface area (Å²) >= 11 is 1.35. The Hall–Kier alpha value is -1.47. The molecule has 1 rings (SSSR count). The van der Waals surface area contributed by atoms with Crippen molar-refractivity contribution in [2.45, 2.75) is 25.8 Å². The summed E-state index contributed by atoms with van der Waals surface area (Å²) in [6, 6.07) is -0.873. The van der Waals surface area contributed by atoms with Crippen LogP contribution in [-0.4, -0.2) is 34.6 Å². The van der Waals surface area contributed by atoms with Crippen LogP contribution < -0.4 is 11.1 Å². The average molecular weight is 257 g/mol. The Morgan fingerprint density at radius 1 is 1.65 bits per heavy atom. The Balaban J connectivity index is 2.65. The van der Waals surface area contributed by atoms with Gasteiger partial charge in [0.1, 0.15) is 11.7 Å². The van der Waals surface area contributed by atoms with Gasteiger partial charge in [0, 0.05) is 11.8 Å². The molecule has 4 N–H and O–H groups in total. The van der Waals surface area contributed by atoms with Crippen molar-refractivity contribution in [1.29, 1.82) is 0 Å². The Morgan fingerprint density at radius 3 is 2.88 bits per heavy atom. The predicted octanol–water partition coefficient (Wildman–Crippen LogP) is 0.237. The van der Waals surface area contributed by atoms with Gasteiger partial charge >= 0.3 is 5.97 Å². The highest BCUT2D eigenvalue weighted by Gasteiger charge is 2.19. The van der Waals surface area contributed by atoms with Gasteiger partial charge in [-0.25, -0.2) is 9.78 Å². The van der Waals surface area contributed by atoms with Gasteiger partial charge in [-0.2, -0.15) is 0 Å². The number of hydrogen-bond donors (Lipinski definition) is 3. The van der Waals surface area contributed by atoms with E-state index in [2.05, 4.69) is 10.3 Å². The maximum absolute atomic E-state index is 11.7. The Labute approximate surface area is 103 Å². The van der Waals surface area contributed by atoms with Crippen LogP contribution in [-0.2, 0) is 11.2 Å². The molecule has 0 saturated heterocycles. The fourth-order valence-electron chi connectivity index (χ4n) is 1.22. The zero-order chi connectivity index (χ0) is 12.8. The fourth-order valence-corrected chi connectivity index (χ4v) is 2.02. The van der Waals surface area contributed by atoms with Crippen LogP contribution in [0.1, 0.15) is 28.8 Å². The molecule has 0 fully saturated rings. The van der Waals surface area contributed by atoms with E-state index in [1.165, 1.54) is 11.3 Å². The number of hydrogen-bond acceptors (Lipinski definition) is 5. The van der Waals surface area contributed by atoms with Gasteiger partial charge in [-0.05, 0) is 13.0 Å². The lowest BCUT2D eigenvalue weighted by Gasteiger charge is -2.10. The first-order valence-corrected chi connectivity index (χ1v) is 6.14. The lowest BCUT2D eigenvalue weighted by molar-refractivity contribution is -0.139. The first-order valence-electron chi connectivity index (χ1n) is 5.26. The van der Waals surface area contributed by atoms with Crippen molar-refractivity contribution in [3.05, 3.63) is 16.1 Å². The SMILES string of the molecule is CC[C@@H](NC(=O)c1csc(CCN)n1)C(=O)O. The number of amides is 1. The minimum atomic E-state index is -1.04. The molecular weight excluding hydrogens is 242 g/mol. The molecule has 94 valence electrons. The molecule has 0 aromatic carbocycles. The van der Waals surface area contributed by atoms with E-state index in [1.807, 2.05) is 0 Å². The van der Waals surface area contributed by atoms with Crippen LogP contribution in [0.5, 0.6) is 0 Å². The van der Waals surface area contributed by atoms with E-state index in [0.717, 1.165) is 5.01 Å². The molecule has 7 heteroatoms. The molecule has 0 spiro atoms. The van der Waals surface area contributed by atoms with Crippen molar-refractivity contribution in [2.24, 2.45) is 5.73 Å². The number of nitrogens with zero attached hydrogens (tertiary/aromatic N) is 1. The molecular formula is C10H15N3O3S. The van der Waals surface area contributed by atoms with E-state index in [1.54, 1.807) is 12.3 Å². The van der Waals surface area contributed by atoms with Gasteiger partial charge in [0.25, 0.3) is 5.91 Å². The second-order valence-electron chi connectivity index (χ2n) is 3.44. The minimum Gasteiger partial charge on any atom is -0.480 e. The third-order valence-corrected chi connectivity index (χ3v) is 3.06. The van der Waals surface area contributed by atoms with Crippen LogP contribution in [0.25, 0.3) is 0 Å². The quantitative estimate of drug-likeness (QED) is 0.677. The molecule has 6 nitrogen and oxygen atoms in total.